The molecule has 0 unspecified atom stereocenters. The second-order valence-electron chi connectivity index (χ2n) is 4.17. The molecule has 80 valence electrons. The Morgan fingerprint density at radius 3 is 2.56 bits per heavy atom. The first-order valence-corrected chi connectivity index (χ1v) is 5.52. The van der Waals surface area contributed by atoms with Crippen LogP contribution in [0.25, 0.3) is 11.4 Å². The summed E-state index contributed by atoms with van der Waals surface area (Å²) in [6.07, 6.45) is 4.13. The molecule has 0 amide bonds. The predicted octanol–water partition coefficient (Wildman–Crippen LogP) is 2.60. The lowest BCUT2D eigenvalue weighted by atomic mass is 10.2. The van der Waals surface area contributed by atoms with Crippen LogP contribution in [0.5, 0.6) is 0 Å². The Morgan fingerprint density at radius 1 is 1.12 bits per heavy atom. The molecule has 16 heavy (non-hydrogen) atoms. The largest absolute Gasteiger partial charge is 0.396 e. The molecule has 1 saturated carbocycles. The SMILES string of the molecule is Nc1cnc(-c2ccccc2)nc1C1CC1. The van der Waals surface area contributed by atoms with Crippen molar-refractivity contribution in [2.45, 2.75) is 18.8 Å². The van der Waals surface area contributed by atoms with Crippen molar-refractivity contribution in [1.29, 1.82) is 0 Å². The van der Waals surface area contributed by atoms with Crippen LogP contribution in [0.15, 0.2) is 36.5 Å². The van der Waals surface area contributed by atoms with Gasteiger partial charge in [-0.15, -0.1) is 0 Å². The fourth-order valence-electron chi connectivity index (χ4n) is 1.81. The minimum absolute atomic E-state index is 0.561. The summed E-state index contributed by atoms with van der Waals surface area (Å²) >= 11 is 0. The number of hydrogen-bond donors (Lipinski definition) is 1. The average molecular weight is 211 g/mol. The maximum absolute atomic E-state index is 5.88. The van der Waals surface area contributed by atoms with Crippen LogP contribution < -0.4 is 5.73 Å². The molecule has 1 aliphatic rings. The van der Waals surface area contributed by atoms with Crippen molar-refractivity contribution in [2.75, 3.05) is 5.73 Å². The molecule has 0 radical (unpaired) electrons. The highest BCUT2D eigenvalue weighted by Gasteiger charge is 2.27. The van der Waals surface area contributed by atoms with Crippen molar-refractivity contribution in [2.24, 2.45) is 0 Å². The number of benzene rings is 1. The van der Waals surface area contributed by atoms with Crippen molar-refractivity contribution >= 4 is 5.69 Å². The van der Waals surface area contributed by atoms with Crippen LogP contribution in [-0.4, -0.2) is 9.97 Å². The number of nitrogens with zero attached hydrogens (tertiary/aromatic N) is 2. The Kier molecular flexibility index (Phi) is 2.10. The third-order valence-corrected chi connectivity index (χ3v) is 2.84. The van der Waals surface area contributed by atoms with Crippen molar-refractivity contribution in [3.05, 3.63) is 42.2 Å². The Balaban J connectivity index is 2.05. The van der Waals surface area contributed by atoms with Crippen molar-refractivity contribution in [1.82, 2.24) is 9.97 Å². The molecule has 0 bridgehead atoms. The van der Waals surface area contributed by atoms with Crippen molar-refractivity contribution in [3.63, 3.8) is 0 Å². The van der Waals surface area contributed by atoms with E-state index in [0.717, 1.165) is 22.8 Å². The second-order valence-corrected chi connectivity index (χ2v) is 4.17. The topological polar surface area (TPSA) is 51.8 Å². The molecule has 2 aromatic rings. The number of rotatable bonds is 2. The lowest BCUT2D eigenvalue weighted by molar-refractivity contribution is 1.00. The number of aromatic nitrogens is 2. The molecule has 0 atom stereocenters. The second kappa shape index (κ2) is 3.59. The lowest BCUT2D eigenvalue weighted by Gasteiger charge is -2.05. The van der Waals surface area contributed by atoms with Gasteiger partial charge in [-0.1, -0.05) is 30.3 Å². The molecular formula is C13H13N3. The molecule has 1 aromatic carbocycles. The molecule has 1 heterocycles. The molecule has 1 aliphatic carbocycles. The van der Waals surface area contributed by atoms with Gasteiger partial charge in [-0.3, -0.25) is 0 Å². The van der Waals surface area contributed by atoms with Gasteiger partial charge in [0.25, 0.3) is 0 Å². The molecule has 3 heteroatoms. The first-order chi connectivity index (χ1) is 7.84. The van der Waals surface area contributed by atoms with E-state index in [-0.39, 0.29) is 0 Å². The zero-order valence-corrected chi connectivity index (χ0v) is 8.93. The van der Waals surface area contributed by atoms with E-state index < -0.39 is 0 Å². The third kappa shape index (κ3) is 1.65. The van der Waals surface area contributed by atoms with Gasteiger partial charge in [0.2, 0.25) is 0 Å². The number of nitrogens with two attached hydrogens (primary N) is 1. The minimum atomic E-state index is 0.561. The fourth-order valence-corrected chi connectivity index (χ4v) is 1.81. The highest BCUT2D eigenvalue weighted by Crippen LogP contribution is 2.41. The van der Waals surface area contributed by atoms with Crippen LogP contribution in [0.3, 0.4) is 0 Å². The van der Waals surface area contributed by atoms with Gasteiger partial charge < -0.3 is 5.73 Å². The maximum atomic E-state index is 5.88. The van der Waals surface area contributed by atoms with Crippen molar-refractivity contribution < 1.29 is 0 Å². The van der Waals surface area contributed by atoms with Gasteiger partial charge in [0.05, 0.1) is 17.6 Å². The summed E-state index contributed by atoms with van der Waals surface area (Å²) in [5, 5.41) is 0. The molecule has 3 nitrogen and oxygen atoms in total. The number of hydrogen-bond acceptors (Lipinski definition) is 3. The Bertz CT molecular complexity index is 504. The average Bonchev–Trinajstić information content (AvgIpc) is 3.15. The Labute approximate surface area is 94.4 Å². The van der Waals surface area contributed by atoms with E-state index in [9.17, 15) is 0 Å². The molecular weight excluding hydrogens is 198 g/mol. The van der Waals surface area contributed by atoms with Crippen LogP contribution in [0.2, 0.25) is 0 Å². The summed E-state index contributed by atoms with van der Waals surface area (Å²) in [4.78, 5) is 8.85. The van der Waals surface area contributed by atoms with Crippen molar-refractivity contribution in [3.8, 4) is 11.4 Å². The van der Waals surface area contributed by atoms with E-state index in [1.165, 1.54) is 12.8 Å². The smallest absolute Gasteiger partial charge is 0.159 e. The van der Waals surface area contributed by atoms with Gasteiger partial charge in [0, 0.05) is 11.5 Å². The molecule has 1 aromatic heterocycles. The van der Waals surface area contributed by atoms with E-state index in [4.69, 9.17) is 5.73 Å². The maximum Gasteiger partial charge on any atom is 0.159 e. The summed E-state index contributed by atoms with van der Waals surface area (Å²) in [6, 6.07) is 10.0. The molecule has 0 saturated heterocycles. The van der Waals surface area contributed by atoms with E-state index in [2.05, 4.69) is 9.97 Å². The predicted molar refractivity (Wildman–Crippen MR) is 63.9 cm³/mol. The third-order valence-electron chi connectivity index (χ3n) is 2.84. The van der Waals surface area contributed by atoms with E-state index >= 15 is 0 Å². The Morgan fingerprint density at radius 2 is 1.88 bits per heavy atom. The highest BCUT2D eigenvalue weighted by atomic mass is 14.9. The van der Waals surface area contributed by atoms with Crippen LogP contribution in [0.4, 0.5) is 5.69 Å². The van der Waals surface area contributed by atoms with E-state index in [1.807, 2.05) is 30.3 Å². The summed E-state index contributed by atoms with van der Waals surface area (Å²) < 4.78 is 0. The standard InChI is InChI=1S/C13H13N3/c14-11-8-15-13(10-4-2-1-3-5-10)16-12(11)9-6-7-9/h1-5,8-9H,6-7,14H2. The molecule has 1 fully saturated rings. The summed E-state index contributed by atoms with van der Waals surface area (Å²) in [5.41, 5.74) is 8.68. The van der Waals surface area contributed by atoms with Crippen LogP contribution in [0.1, 0.15) is 24.5 Å². The van der Waals surface area contributed by atoms with Gasteiger partial charge in [-0.05, 0) is 12.8 Å². The van der Waals surface area contributed by atoms with Gasteiger partial charge >= 0.3 is 0 Å². The number of anilines is 1. The Hall–Kier alpha value is -1.90. The van der Waals surface area contributed by atoms with Gasteiger partial charge in [-0.25, -0.2) is 9.97 Å². The molecule has 3 rings (SSSR count). The molecule has 2 N–H and O–H groups in total. The first-order valence-electron chi connectivity index (χ1n) is 5.52. The molecule has 0 spiro atoms. The monoisotopic (exact) mass is 211 g/mol. The van der Waals surface area contributed by atoms with Crippen LogP contribution in [-0.2, 0) is 0 Å². The van der Waals surface area contributed by atoms with Gasteiger partial charge in [0.15, 0.2) is 5.82 Å². The minimum Gasteiger partial charge on any atom is -0.396 e. The van der Waals surface area contributed by atoms with E-state index in [1.54, 1.807) is 6.20 Å². The quantitative estimate of drug-likeness (QED) is 0.830. The number of nitrogen functional groups attached to an aromatic ring is 1. The zero-order chi connectivity index (χ0) is 11.0. The van der Waals surface area contributed by atoms with Gasteiger partial charge in [-0.2, -0.15) is 0 Å². The lowest BCUT2D eigenvalue weighted by Crippen LogP contribution is -2.00. The zero-order valence-electron chi connectivity index (χ0n) is 8.93. The first kappa shape index (κ1) is 9.33. The highest BCUT2D eigenvalue weighted by molar-refractivity contribution is 5.57. The molecule has 0 aliphatic heterocycles. The summed E-state index contributed by atoms with van der Waals surface area (Å²) in [5.74, 6) is 1.34. The normalized spacial score (nSPS) is 15.0. The summed E-state index contributed by atoms with van der Waals surface area (Å²) in [7, 11) is 0. The van der Waals surface area contributed by atoms with E-state index in [0.29, 0.717) is 5.92 Å². The van der Waals surface area contributed by atoms with Gasteiger partial charge in [0.1, 0.15) is 0 Å². The van der Waals surface area contributed by atoms with Crippen LogP contribution >= 0.6 is 0 Å². The van der Waals surface area contributed by atoms with Crippen LogP contribution in [0, 0.1) is 0 Å². The summed E-state index contributed by atoms with van der Waals surface area (Å²) in [6.45, 7) is 0. The fraction of sp³-hybridized carbons (Fsp3) is 0.231.